The summed E-state index contributed by atoms with van der Waals surface area (Å²) in [6, 6.07) is 8.71. The summed E-state index contributed by atoms with van der Waals surface area (Å²) in [5.74, 6) is 1.79. The van der Waals surface area contributed by atoms with Gasteiger partial charge in [-0.1, -0.05) is 37.6 Å². The maximum atomic E-state index is 5.75. The quantitative estimate of drug-likeness (QED) is 0.352. The van der Waals surface area contributed by atoms with Gasteiger partial charge in [0.15, 0.2) is 5.96 Å². The summed E-state index contributed by atoms with van der Waals surface area (Å²) in [5, 5.41) is 6.80. The van der Waals surface area contributed by atoms with Crippen molar-refractivity contribution in [2.24, 2.45) is 4.99 Å². The molecule has 4 nitrogen and oxygen atoms in total. The fraction of sp³-hybridized carbons (Fsp3) is 0.500. The Morgan fingerprint density at radius 3 is 2.86 bits per heavy atom. The zero-order valence-corrected chi connectivity index (χ0v) is 13.6. The molecule has 2 rings (SSSR count). The van der Waals surface area contributed by atoms with Crippen molar-refractivity contribution in [2.75, 3.05) is 13.7 Å². The second-order valence-corrected chi connectivity index (χ2v) is 5.56. The first-order valence-corrected chi connectivity index (χ1v) is 8.15. The largest absolute Gasteiger partial charge is 0.494 e. The van der Waals surface area contributed by atoms with Crippen LogP contribution in [0.1, 0.15) is 38.2 Å². The highest BCUT2D eigenvalue weighted by molar-refractivity contribution is 5.80. The van der Waals surface area contributed by atoms with Crippen LogP contribution >= 0.6 is 0 Å². The number of rotatable bonds is 7. The lowest BCUT2D eigenvalue weighted by Crippen LogP contribution is -2.42. The van der Waals surface area contributed by atoms with Crippen LogP contribution in [-0.2, 0) is 6.54 Å². The molecule has 0 bridgehead atoms. The molecule has 0 atom stereocenters. The van der Waals surface area contributed by atoms with Gasteiger partial charge in [-0.3, -0.25) is 4.99 Å². The number of guanidine groups is 1. The van der Waals surface area contributed by atoms with Crippen LogP contribution in [0.4, 0.5) is 0 Å². The minimum atomic E-state index is 0.468. The Kier molecular flexibility index (Phi) is 6.81. The van der Waals surface area contributed by atoms with Crippen LogP contribution in [0.3, 0.4) is 0 Å². The number of ether oxygens (including phenoxy) is 1. The average molecular weight is 301 g/mol. The molecular weight excluding hydrogens is 274 g/mol. The minimum absolute atomic E-state index is 0.468. The van der Waals surface area contributed by atoms with E-state index in [1.807, 2.05) is 19.2 Å². The molecule has 0 fully saturated rings. The molecule has 1 aliphatic rings. The standard InChI is InChI=1S/C18H27N3O/c1-3-4-12-22-17-11-7-8-15(13-17)14-20-18(19-2)21-16-9-5-6-10-16/h5-8,11,13,16H,3-4,9-10,12,14H2,1-2H3,(H2,19,20,21). The maximum Gasteiger partial charge on any atom is 0.191 e. The molecule has 0 unspecified atom stereocenters. The van der Waals surface area contributed by atoms with Crippen LogP contribution in [-0.4, -0.2) is 25.7 Å². The van der Waals surface area contributed by atoms with Crippen LogP contribution in [0.25, 0.3) is 0 Å². The number of nitrogens with zero attached hydrogens (tertiary/aromatic N) is 1. The average Bonchev–Trinajstić information content (AvgIpc) is 3.05. The van der Waals surface area contributed by atoms with Crippen LogP contribution in [0, 0.1) is 0 Å². The molecule has 1 aliphatic carbocycles. The van der Waals surface area contributed by atoms with Crippen molar-refractivity contribution in [2.45, 2.75) is 45.2 Å². The third-order valence-electron chi connectivity index (χ3n) is 3.70. The Morgan fingerprint density at radius 2 is 2.14 bits per heavy atom. The van der Waals surface area contributed by atoms with Crippen molar-refractivity contribution in [1.29, 1.82) is 0 Å². The third kappa shape index (κ3) is 5.43. The van der Waals surface area contributed by atoms with Crippen LogP contribution < -0.4 is 15.4 Å². The Labute approximate surface area is 133 Å². The molecule has 0 amide bonds. The van der Waals surface area contributed by atoms with E-state index >= 15 is 0 Å². The highest BCUT2D eigenvalue weighted by Gasteiger charge is 2.11. The van der Waals surface area contributed by atoms with Gasteiger partial charge >= 0.3 is 0 Å². The van der Waals surface area contributed by atoms with Gasteiger partial charge in [0.1, 0.15) is 5.75 Å². The first kappa shape index (κ1) is 16.4. The van der Waals surface area contributed by atoms with Gasteiger partial charge in [0.25, 0.3) is 0 Å². The lowest BCUT2D eigenvalue weighted by atomic mass is 10.2. The molecule has 0 heterocycles. The number of nitrogens with one attached hydrogen (secondary N) is 2. The Hall–Kier alpha value is -1.97. The van der Waals surface area contributed by atoms with E-state index in [9.17, 15) is 0 Å². The van der Waals surface area contributed by atoms with Gasteiger partial charge in [0.2, 0.25) is 0 Å². The number of aliphatic imine (C=N–C) groups is 1. The highest BCUT2D eigenvalue weighted by atomic mass is 16.5. The molecule has 0 spiro atoms. The van der Waals surface area contributed by atoms with Crippen molar-refractivity contribution >= 4 is 5.96 Å². The SMILES string of the molecule is CCCCOc1cccc(CNC(=NC)NC2CC=CC2)c1. The van der Waals surface area contributed by atoms with E-state index in [1.54, 1.807) is 0 Å². The highest BCUT2D eigenvalue weighted by Crippen LogP contribution is 2.14. The van der Waals surface area contributed by atoms with E-state index in [1.165, 1.54) is 5.56 Å². The van der Waals surface area contributed by atoms with Crippen molar-refractivity contribution in [3.63, 3.8) is 0 Å². The maximum absolute atomic E-state index is 5.75. The molecule has 0 aromatic heterocycles. The van der Waals surface area contributed by atoms with Crippen molar-refractivity contribution < 1.29 is 4.74 Å². The van der Waals surface area contributed by atoms with E-state index < -0.39 is 0 Å². The third-order valence-corrected chi connectivity index (χ3v) is 3.70. The van der Waals surface area contributed by atoms with E-state index in [0.29, 0.717) is 6.04 Å². The molecule has 0 saturated heterocycles. The smallest absolute Gasteiger partial charge is 0.191 e. The summed E-state index contributed by atoms with van der Waals surface area (Å²) < 4.78 is 5.75. The lowest BCUT2D eigenvalue weighted by molar-refractivity contribution is 0.309. The number of benzene rings is 1. The predicted octanol–water partition coefficient (Wildman–Crippen LogP) is 3.25. The summed E-state index contributed by atoms with van der Waals surface area (Å²) in [5.41, 5.74) is 1.20. The lowest BCUT2D eigenvalue weighted by Gasteiger charge is -2.17. The van der Waals surface area contributed by atoms with Crippen molar-refractivity contribution in [3.05, 3.63) is 42.0 Å². The summed E-state index contributed by atoms with van der Waals surface area (Å²) in [7, 11) is 1.81. The molecule has 1 aromatic carbocycles. The summed E-state index contributed by atoms with van der Waals surface area (Å²) in [4.78, 5) is 4.29. The zero-order valence-electron chi connectivity index (χ0n) is 13.6. The first-order valence-electron chi connectivity index (χ1n) is 8.15. The van der Waals surface area contributed by atoms with Gasteiger partial charge in [-0.25, -0.2) is 0 Å². The van der Waals surface area contributed by atoms with Gasteiger partial charge in [-0.2, -0.15) is 0 Å². The fourth-order valence-corrected chi connectivity index (χ4v) is 2.39. The van der Waals surface area contributed by atoms with Crippen LogP contribution in [0.15, 0.2) is 41.4 Å². The molecule has 22 heavy (non-hydrogen) atoms. The minimum Gasteiger partial charge on any atom is -0.494 e. The van der Waals surface area contributed by atoms with Gasteiger partial charge < -0.3 is 15.4 Å². The monoisotopic (exact) mass is 301 g/mol. The van der Waals surface area contributed by atoms with Gasteiger partial charge in [-0.05, 0) is 37.0 Å². The Balaban J connectivity index is 1.80. The fourth-order valence-electron chi connectivity index (χ4n) is 2.39. The molecular formula is C18H27N3O. The number of unbranched alkanes of at least 4 members (excludes halogenated alkanes) is 1. The zero-order chi connectivity index (χ0) is 15.6. The molecule has 120 valence electrons. The van der Waals surface area contributed by atoms with Crippen molar-refractivity contribution in [3.8, 4) is 5.75 Å². The Morgan fingerprint density at radius 1 is 1.32 bits per heavy atom. The topological polar surface area (TPSA) is 45.6 Å². The molecule has 4 heteroatoms. The van der Waals surface area contributed by atoms with Crippen LogP contribution in [0.2, 0.25) is 0 Å². The second-order valence-electron chi connectivity index (χ2n) is 5.56. The first-order chi connectivity index (χ1) is 10.8. The summed E-state index contributed by atoms with van der Waals surface area (Å²) in [6.07, 6.45) is 8.81. The van der Waals surface area contributed by atoms with E-state index in [2.05, 4.69) is 46.8 Å². The predicted molar refractivity (Wildman–Crippen MR) is 92.3 cm³/mol. The number of hydrogen-bond donors (Lipinski definition) is 2. The summed E-state index contributed by atoms with van der Waals surface area (Å²) >= 11 is 0. The second kappa shape index (κ2) is 9.13. The van der Waals surface area contributed by atoms with Crippen molar-refractivity contribution in [1.82, 2.24) is 10.6 Å². The molecule has 2 N–H and O–H groups in total. The molecule has 0 radical (unpaired) electrons. The molecule has 0 aliphatic heterocycles. The van der Waals surface area contributed by atoms with Gasteiger partial charge in [-0.15, -0.1) is 0 Å². The van der Waals surface area contributed by atoms with Gasteiger partial charge in [0, 0.05) is 19.6 Å². The van der Waals surface area contributed by atoms with E-state index in [4.69, 9.17) is 4.74 Å². The van der Waals surface area contributed by atoms with Gasteiger partial charge in [0.05, 0.1) is 6.61 Å². The van der Waals surface area contributed by atoms with Crippen LogP contribution in [0.5, 0.6) is 5.75 Å². The Bertz CT molecular complexity index is 503. The molecule has 0 saturated carbocycles. The van der Waals surface area contributed by atoms with E-state index in [-0.39, 0.29) is 0 Å². The normalized spacial score (nSPS) is 15.1. The van der Waals surface area contributed by atoms with E-state index in [0.717, 1.165) is 50.5 Å². The number of hydrogen-bond acceptors (Lipinski definition) is 2. The molecule has 1 aromatic rings. The summed E-state index contributed by atoms with van der Waals surface area (Å²) in [6.45, 7) is 3.69.